The van der Waals surface area contributed by atoms with Gasteiger partial charge < -0.3 is 5.32 Å². The number of rotatable bonds is 5. The van der Waals surface area contributed by atoms with Crippen molar-refractivity contribution in [1.29, 1.82) is 0 Å². The minimum Gasteiger partial charge on any atom is -0.348 e. The number of likely N-dealkylation sites (tertiary alicyclic amines) is 1. The Morgan fingerprint density at radius 3 is 2.92 bits per heavy atom. The third-order valence-corrected chi connectivity index (χ3v) is 4.38. The third-order valence-electron chi connectivity index (χ3n) is 4.38. The molecule has 1 N–H and O–H groups in total. The molecule has 1 aromatic carbocycles. The van der Waals surface area contributed by atoms with E-state index < -0.39 is 0 Å². The zero-order valence-corrected chi connectivity index (χ0v) is 13.8. The summed E-state index contributed by atoms with van der Waals surface area (Å²) < 4.78 is 0. The van der Waals surface area contributed by atoms with Crippen molar-refractivity contribution < 1.29 is 4.79 Å². The van der Waals surface area contributed by atoms with E-state index in [4.69, 9.17) is 0 Å². The monoisotopic (exact) mass is 322 g/mol. The van der Waals surface area contributed by atoms with Gasteiger partial charge in [0.2, 0.25) is 5.91 Å². The van der Waals surface area contributed by atoms with E-state index in [1.54, 1.807) is 24.7 Å². The molecule has 1 aromatic heterocycles. The number of benzene rings is 1. The van der Waals surface area contributed by atoms with E-state index in [-0.39, 0.29) is 11.9 Å². The van der Waals surface area contributed by atoms with Crippen LogP contribution in [-0.2, 0) is 4.79 Å². The first-order valence-corrected chi connectivity index (χ1v) is 8.26. The van der Waals surface area contributed by atoms with Gasteiger partial charge in [0.1, 0.15) is 0 Å². The molecule has 24 heavy (non-hydrogen) atoms. The fourth-order valence-corrected chi connectivity index (χ4v) is 3.01. The van der Waals surface area contributed by atoms with Gasteiger partial charge in [-0.15, -0.1) is 0 Å². The van der Waals surface area contributed by atoms with Crippen molar-refractivity contribution in [3.63, 3.8) is 0 Å². The maximum atomic E-state index is 12.1. The predicted octanol–water partition coefficient (Wildman–Crippen LogP) is 2.44. The van der Waals surface area contributed by atoms with Crippen molar-refractivity contribution in [1.82, 2.24) is 20.2 Å². The van der Waals surface area contributed by atoms with Gasteiger partial charge in [-0.2, -0.15) is 0 Å². The van der Waals surface area contributed by atoms with Crippen LogP contribution in [0.2, 0.25) is 0 Å². The molecule has 1 aliphatic heterocycles. The van der Waals surface area contributed by atoms with Gasteiger partial charge in [-0.3, -0.25) is 19.7 Å². The highest BCUT2D eigenvalue weighted by Gasteiger charge is 2.27. The Morgan fingerprint density at radius 1 is 1.33 bits per heavy atom. The molecule has 0 radical (unpaired) electrons. The molecule has 0 aliphatic carbocycles. The molecular weight excluding hydrogens is 300 g/mol. The van der Waals surface area contributed by atoms with Crippen LogP contribution in [0, 0.1) is 0 Å². The van der Waals surface area contributed by atoms with Crippen molar-refractivity contribution >= 4 is 12.0 Å². The number of amides is 1. The summed E-state index contributed by atoms with van der Waals surface area (Å²) in [5, 5.41) is 3.07. The molecule has 1 amide bonds. The molecule has 2 unspecified atom stereocenters. The smallest absolute Gasteiger partial charge is 0.244 e. The average Bonchev–Trinajstić information content (AvgIpc) is 3.09. The highest BCUT2D eigenvalue weighted by molar-refractivity contribution is 5.91. The van der Waals surface area contributed by atoms with Gasteiger partial charge in [-0.05, 0) is 25.0 Å². The SMILES string of the molecule is CC(c1ccccc1)N1CCC(NC(=O)/C=C/c2cnccn2)C1. The predicted molar refractivity (Wildman–Crippen MR) is 94.0 cm³/mol. The van der Waals surface area contributed by atoms with Crippen molar-refractivity contribution in [2.24, 2.45) is 0 Å². The van der Waals surface area contributed by atoms with Gasteiger partial charge >= 0.3 is 0 Å². The maximum Gasteiger partial charge on any atom is 0.244 e. The quantitative estimate of drug-likeness (QED) is 0.859. The maximum absolute atomic E-state index is 12.1. The first kappa shape index (κ1) is 16.3. The first-order valence-electron chi connectivity index (χ1n) is 8.26. The lowest BCUT2D eigenvalue weighted by Crippen LogP contribution is -2.36. The Bertz CT molecular complexity index is 687. The van der Waals surface area contributed by atoms with E-state index in [0.717, 1.165) is 19.5 Å². The minimum atomic E-state index is -0.0835. The van der Waals surface area contributed by atoms with Crippen LogP contribution in [0.25, 0.3) is 6.08 Å². The summed E-state index contributed by atoms with van der Waals surface area (Å²) >= 11 is 0. The molecule has 3 rings (SSSR count). The van der Waals surface area contributed by atoms with Gasteiger partial charge in [-0.1, -0.05) is 30.3 Å². The average molecular weight is 322 g/mol. The Hall–Kier alpha value is -2.53. The van der Waals surface area contributed by atoms with E-state index in [1.165, 1.54) is 11.6 Å². The van der Waals surface area contributed by atoms with E-state index >= 15 is 0 Å². The molecule has 1 fully saturated rings. The molecule has 2 aromatic rings. The molecule has 1 aliphatic rings. The lowest BCUT2D eigenvalue weighted by atomic mass is 10.1. The summed E-state index contributed by atoms with van der Waals surface area (Å²) in [5.41, 5.74) is 1.99. The Morgan fingerprint density at radius 2 is 2.17 bits per heavy atom. The van der Waals surface area contributed by atoms with Crippen LogP contribution in [0.3, 0.4) is 0 Å². The fraction of sp³-hybridized carbons (Fsp3) is 0.316. The molecule has 0 bridgehead atoms. The van der Waals surface area contributed by atoms with Gasteiger partial charge in [0, 0.05) is 43.6 Å². The van der Waals surface area contributed by atoms with Crippen LogP contribution in [0.15, 0.2) is 55.0 Å². The van der Waals surface area contributed by atoms with E-state index in [2.05, 4.69) is 51.4 Å². The number of carbonyl (C=O) groups is 1. The van der Waals surface area contributed by atoms with Crippen molar-refractivity contribution in [2.75, 3.05) is 13.1 Å². The Balaban J connectivity index is 1.51. The van der Waals surface area contributed by atoms with Gasteiger partial charge in [-0.25, -0.2) is 0 Å². The van der Waals surface area contributed by atoms with Crippen molar-refractivity contribution in [3.05, 3.63) is 66.3 Å². The zero-order chi connectivity index (χ0) is 16.8. The number of nitrogens with one attached hydrogen (secondary N) is 1. The molecule has 2 heterocycles. The summed E-state index contributed by atoms with van der Waals surface area (Å²) in [6.45, 7) is 4.09. The molecule has 124 valence electrons. The lowest BCUT2D eigenvalue weighted by molar-refractivity contribution is -0.117. The second kappa shape index (κ2) is 7.84. The highest BCUT2D eigenvalue weighted by Crippen LogP contribution is 2.24. The number of nitrogens with zero attached hydrogens (tertiary/aromatic N) is 3. The largest absolute Gasteiger partial charge is 0.348 e. The Kier molecular flexibility index (Phi) is 5.33. The number of carbonyl (C=O) groups excluding carboxylic acids is 1. The third kappa shape index (κ3) is 4.26. The summed E-state index contributed by atoms with van der Waals surface area (Å²) in [5.74, 6) is -0.0835. The summed E-state index contributed by atoms with van der Waals surface area (Å²) in [6, 6.07) is 11.0. The van der Waals surface area contributed by atoms with Crippen LogP contribution in [0.1, 0.15) is 30.6 Å². The van der Waals surface area contributed by atoms with Gasteiger partial charge in [0.25, 0.3) is 0 Å². The Labute approximate surface area is 142 Å². The molecule has 1 saturated heterocycles. The number of aromatic nitrogens is 2. The topological polar surface area (TPSA) is 58.1 Å². The molecule has 0 spiro atoms. The van der Waals surface area contributed by atoms with E-state index in [9.17, 15) is 4.79 Å². The highest BCUT2D eigenvalue weighted by atomic mass is 16.1. The van der Waals surface area contributed by atoms with Crippen LogP contribution in [0.4, 0.5) is 0 Å². The fourth-order valence-electron chi connectivity index (χ4n) is 3.01. The molecule has 2 atom stereocenters. The normalized spacial score (nSPS) is 19.5. The minimum absolute atomic E-state index is 0.0835. The molecule has 0 saturated carbocycles. The van der Waals surface area contributed by atoms with Crippen LogP contribution in [0.5, 0.6) is 0 Å². The van der Waals surface area contributed by atoms with Gasteiger partial charge in [0.05, 0.1) is 11.9 Å². The summed E-state index contributed by atoms with van der Waals surface area (Å²) in [4.78, 5) is 22.5. The molecule has 5 nitrogen and oxygen atoms in total. The van der Waals surface area contributed by atoms with Crippen LogP contribution >= 0.6 is 0 Å². The van der Waals surface area contributed by atoms with Gasteiger partial charge in [0.15, 0.2) is 0 Å². The van der Waals surface area contributed by atoms with E-state index in [0.29, 0.717) is 11.7 Å². The molecular formula is C19H22N4O. The second-order valence-electron chi connectivity index (χ2n) is 6.04. The number of hydrogen-bond donors (Lipinski definition) is 1. The standard InChI is InChI=1S/C19H22N4O/c1-15(16-5-3-2-4-6-16)23-12-9-18(14-23)22-19(24)8-7-17-13-20-10-11-21-17/h2-8,10-11,13,15,18H,9,12,14H2,1H3,(H,22,24)/b8-7+. The van der Waals surface area contributed by atoms with E-state index in [1.807, 2.05) is 6.07 Å². The van der Waals surface area contributed by atoms with Crippen molar-refractivity contribution in [3.8, 4) is 0 Å². The lowest BCUT2D eigenvalue weighted by Gasteiger charge is -2.24. The second-order valence-corrected chi connectivity index (χ2v) is 6.04. The summed E-state index contributed by atoms with van der Waals surface area (Å²) in [6.07, 6.45) is 9.02. The van der Waals surface area contributed by atoms with Crippen LogP contribution in [-0.4, -0.2) is 39.9 Å². The molecule has 5 heteroatoms. The number of hydrogen-bond acceptors (Lipinski definition) is 4. The van der Waals surface area contributed by atoms with Crippen LogP contribution < -0.4 is 5.32 Å². The first-order chi connectivity index (χ1) is 11.7. The summed E-state index contributed by atoms with van der Waals surface area (Å²) in [7, 11) is 0. The van der Waals surface area contributed by atoms with Crippen molar-refractivity contribution in [2.45, 2.75) is 25.4 Å². The zero-order valence-electron chi connectivity index (χ0n) is 13.8.